The van der Waals surface area contributed by atoms with Gasteiger partial charge in [0.2, 0.25) is 0 Å². The second-order valence-corrected chi connectivity index (χ2v) is 8.63. The maximum atomic E-state index is 13.2. The highest BCUT2D eigenvalue weighted by atomic mass is 19.1. The van der Waals surface area contributed by atoms with Crippen LogP contribution in [0.5, 0.6) is 0 Å². The van der Waals surface area contributed by atoms with Gasteiger partial charge in [-0.15, -0.1) is 0 Å². The van der Waals surface area contributed by atoms with E-state index in [0.29, 0.717) is 6.54 Å². The van der Waals surface area contributed by atoms with E-state index in [-0.39, 0.29) is 23.9 Å². The number of nitrogens with zero attached hydrogens (tertiary/aromatic N) is 1. The summed E-state index contributed by atoms with van der Waals surface area (Å²) >= 11 is 0. The molecule has 4 nitrogen and oxygen atoms in total. The van der Waals surface area contributed by atoms with Crippen molar-refractivity contribution < 1.29 is 13.9 Å². The van der Waals surface area contributed by atoms with Crippen LogP contribution in [0.15, 0.2) is 72.8 Å². The zero-order chi connectivity index (χ0) is 23.1. The summed E-state index contributed by atoms with van der Waals surface area (Å²) < 4.78 is 17.9. The third-order valence-corrected chi connectivity index (χ3v) is 5.62. The lowest BCUT2D eigenvalue weighted by Crippen LogP contribution is -2.35. The smallest absolute Gasteiger partial charge is 0.319 e. The highest BCUT2D eigenvalue weighted by Gasteiger charge is 2.19. The molecule has 0 bridgehead atoms. The number of rotatable bonds is 9. The first-order chi connectivity index (χ1) is 15.3. The van der Waals surface area contributed by atoms with Crippen molar-refractivity contribution in [1.82, 2.24) is 10.2 Å². The van der Waals surface area contributed by atoms with Crippen molar-refractivity contribution in [1.29, 1.82) is 0 Å². The largest absolute Gasteiger partial charge is 0.468 e. The lowest BCUT2D eigenvalue weighted by Gasteiger charge is -2.27. The predicted molar refractivity (Wildman–Crippen MR) is 126 cm³/mol. The number of likely N-dealkylation sites (N-methyl/N-ethyl adjacent to an activating group) is 1. The first-order valence-electron chi connectivity index (χ1n) is 10.7. The standard InChI is InChI=1S/C27H31FN2O2/c1-27(2,24-13-15-25(28)16-14-24)29-17-20-5-9-22(10-6-20)23-11-7-21(8-12-23)18-30(3)19-26(31)32-4/h5-16,29H,17-19H2,1-4H3. The van der Waals surface area contributed by atoms with Crippen LogP contribution < -0.4 is 5.32 Å². The zero-order valence-corrected chi connectivity index (χ0v) is 19.2. The molecule has 5 heteroatoms. The van der Waals surface area contributed by atoms with Crippen LogP contribution in [0.4, 0.5) is 4.39 Å². The molecule has 0 aliphatic rings. The maximum Gasteiger partial charge on any atom is 0.319 e. The van der Waals surface area contributed by atoms with E-state index in [4.69, 9.17) is 4.74 Å². The molecule has 3 aromatic carbocycles. The number of benzene rings is 3. The second kappa shape index (κ2) is 10.5. The van der Waals surface area contributed by atoms with Gasteiger partial charge in [0.05, 0.1) is 13.7 Å². The van der Waals surface area contributed by atoms with Crippen LogP contribution in [0.3, 0.4) is 0 Å². The molecule has 0 radical (unpaired) electrons. The summed E-state index contributed by atoms with van der Waals surface area (Å²) in [6.07, 6.45) is 0. The van der Waals surface area contributed by atoms with Gasteiger partial charge in [-0.2, -0.15) is 0 Å². The average molecular weight is 435 g/mol. The molecule has 32 heavy (non-hydrogen) atoms. The monoisotopic (exact) mass is 434 g/mol. The van der Waals surface area contributed by atoms with E-state index in [9.17, 15) is 9.18 Å². The average Bonchev–Trinajstić information content (AvgIpc) is 2.79. The SMILES string of the molecule is COC(=O)CN(C)Cc1ccc(-c2ccc(CNC(C)(C)c3ccc(F)cc3)cc2)cc1. The van der Waals surface area contributed by atoms with Gasteiger partial charge in [-0.05, 0) is 60.8 Å². The van der Waals surface area contributed by atoms with Gasteiger partial charge >= 0.3 is 5.97 Å². The van der Waals surface area contributed by atoms with Crippen molar-refractivity contribution in [3.8, 4) is 11.1 Å². The first-order valence-corrected chi connectivity index (χ1v) is 10.7. The van der Waals surface area contributed by atoms with Crippen LogP contribution in [-0.4, -0.2) is 31.6 Å². The molecule has 0 saturated heterocycles. The van der Waals surface area contributed by atoms with Crippen molar-refractivity contribution in [3.63, 3.8) is 0 Å². The van der Waals surface area contributed by atoms with E-state index in [1.165, 1.54) is 24.8 Å². The maximum absolute atomic E-state index is 13.2. The lowest BCUT2D eigenvalue weighted by molar-refractivity contribution is -0.141. The van der Waals surface area contributed by atoms with Crippen LogP contribution in [0.2, 0.25) is 0 Å². The van der Waals surface area contributed by atoms with Crippen LogP contribution in [0.1, 0.15) is 30.5 Å². The molecule has 3 aromatic rings. The number of halogens is 1. The summed E-state index contributed by atoms with van der Waals surface area (Å²) in [4.78, 5) is 13.3. The second-order valence-electron chi connectivity index (χ2n) is 8.63. The number of carbonyl (C=O) groups excluding carboxylic acids is 1. The Hall–Kier alpha value is -3.02. The molecular weight excluding hydrogens is 403 g/mol. The molecule has 168 valence electrons. The minimum Gasteiger partial charge on any atom is -0.468 e. The Morgan fingerprint density at radius 1 is 0.906 bits per heavy atom. The zero-order valence-electron chi connectivity index (χ0n) is 19.2. The molecule has 0 aromatic heterocycles. The molecule has 0 saturated carbocycles. The summed E-state index contributed by atoms with van der Waals surface area (Å²) in [7, 11) is 3.30. The van der Waals surface area contributed by atoms with E-state index >= 15 is 0 Å². The van der Waals surface area contributed by atoms with Crippen LogP contribution >= 0.6 is 0 Å². The molecule has 0 aliphatic heterocycles. The molecule has 0 atom stereocenters. The molecule has 0 heterocycles. The van der Waals surface area contributed by atoms with Gasteiger partial charge in [-0.3, -0.25) is 9.69 Å². The van der Waals surface area contributed by atoms with Crippen molar-refractivity contribution in [2.75, 3.05) is 20.7 Å². The van der Waals surface area contributed by atoms with E-state index in [1.807, 2.05) is 24.1 Å². The van der Waals surface area contributed by atoms with Crippen molar-refractivity contribution >= 4 is 5.97 Å². The summed E-state index contributed by atoms with van der Waals surface area (Å²) in [6, 6.07) is 23.5. The number of hydrogen-bond donors (Lipinski definition) is 1. The van der Waals surface area contributed by atoms with Gasteiger partial charge in [0.25, 0.3) is 0 Å². The molecule has 1 N–H and O–H groups in total. The minimum atomic E-state index is -0.261. The third kappa shape index (κ3) is 6.49. The van der Waals surface area contributed by atoms with Crippen molar-refractivity contribution in [2.24, 2.45) is 0 Å². The fraction of sp³-hybridized carbons (Fsp3) is 0.296. The van der Waals surface area contributed by atoms with Gasteiger partial charge in [0.1, 0.15) is 5.82 Å². The molecule has 0 spiro atoms. The Balaban J connectivity index is 1.58. The Morgan fingerprint density at radius 2 is 1.44 bits per heavy atom. The van der Waals surface area contributed by atoms with Crippen molar-refractivity contribution in [2.45, 2.75) is 32.5 Å². The highest BCUT2D eigenvalue weighted by Crippen LogP contribution is 2.23. The van der Waals surface area contributed by atoms with Crippen LogP contribution in [0.25, 0.3) is 11.1 Å². The normalized spacial score (nSPS) is 11.6. The van der Waals surface area contributed by atoms with E-state index in [0.717, 1.165) is 28.8 Å². The van der Waals surface area contributed by atoms with Gasteiger partial charge < -0.3 is 10.1 Å². The summed E-state index contributed by atoms with van der Waals surface area (Å²) in [6.45, 7) is 5.86. The number of esters is 1. The quantitative estimate of drug-likeness (QED) is 0.475. The van der Waals surface area contributed by atoms with E-state index < -0.39 is 0 Å². The van der Waals surface area contributed by atoms with Crippen LogP contribution in [0, 0.1) is 5.82 Å². The molecule has 3 rings (SSSR count). The Labute approximate surface area is 190 Å². The van der Waals surface area contributed by atoms with Crippen LogP contribution in [-0.2, 0) is 28.2 Å². The molecular formula is C27H31FN2O2. The molecule has 0 unspecified atom stereocenters. The highest BCUT2D eigenvalue weighted by molar-refractivity contribution is 5.71. The number of ether oxygens (including phenoxy) is 1. The number of nitrogens with one attached hydrogen (secondary N) is 1. The van der Waals surface area contributed by atoms with E-state index in [2.05, 4.69) is 67.7 Å². The molecule has 0 amide bonds. The number of carbonyl (C=O) groups is 1. The summed E-state index contributed by atoms with van der Waals surface area (Å²) in [5.41, 5.74) is 5.42. The number of hydrogen-bond acceptors (Lipinski definition) is 4. The van der Waals surface area contributed by atoms with Gasteiger partial charge in [0, 0.05) is 18.6 Å². The Kier molecular flexibility index (Phi) is 7.78. The van der Waals surface area contributed by atoms with Gasteiger partial charge in [-0.1, -0.05) is 60.7 Å². The van der Waals surface area contributed by atoms with Crippen molar-refractivity contribution in [3.05, 3.63) is 95.3 Å². The fourth-order valence-electron chi connectivity index (χ4n) is 3.56. The topological polar surface area (TPSA) is 41.6 Å². The van der Waals surface area contributed by atoms with Gasteiger partial charge in [-0.25, -0.2) is 4.39 Å². The van der Waals surface area contributed by atoms with E-state index in [1.54, 1.807) is 0 Å². The molecule has 0 aliphatic carbocycles. The minimum absolute atomic E-state index is 0.221. The fourth-order valence-corrected chi connectivity index (χ4v) is 3.56. The van der Waals surface area contributed by atoms with Gasteiger partial charge in [0.15, 0.2) is 0 Å². The lowest BCUT2D eigenvalue weighted by atomic mass is 9.94. The predicted octanol–water partition coefficient (Wildman–Crippen LogP) is 5.12. The molecule has 0 fully saturated rings. The number of methoxy groups -OCH3 is 1. The Bertz CT molecular complexity index is 1010. The third-order valence-electron chi connectivity index (χ3n) is 5.62. The summed E-state index contributed by atoms with van der Waals surface area (Å²) in [5, 5.41) is 3.55. The Morgan fingerprint density at radius 3 is 1.97 bits per heavy atom. The first kappa shape index (κ1) is 23.6. The summed E-state index contributed by atoms with van der Waals surface area (Å²) in [5.74, 6) is -0.457.